The van der Waals surface area contributed by atoms with E-state index in [9.17, 15) is 4.79 Å². The first-order chi connectivity index (χ1) is 12.2. The number of carbonyl (C=O) groups is 1. The number of aryl methyl sites for hydroxylation is 1. The Bertz CT molecular complexity index is 796. The van der Waals surface area contributed by atoms with Crippen LogP contribution in [-0.4, -0.2) is 62.3 Å². The van der Waals surface area contributed by atoms with Gasteiger partial charge in [0.05, 0.1) is 31.8 Å². The molecule has 1 aromatic heterocycles. The van der Waals surface area contributed by atoms with Gasteiger partial charge in [-0.05, 0) is 30.7 Å². The number of carbonyl (C=O) groups excluding carboxylic acids is 1. The molecule has 25 heavy (non-hydrogen) atoms. The lowest BCUT2D eigenvalue weighted by atomic mass is 9.97. The van der Waals surface area contributed by atoms with Gasteiger partial charge in [0.15, 0.2) is 0 Å². The van der Waals surface area contributed by atoms with E-state index < -0.39 is 0 Å². The first-order valence-electron chi connectivity index (χ1n) is 8.72. The largest absolute Gasteiger partial charge is 0.497 e. The highest BCUT2D eigenvalue weighted by Crippen LogP contribution is 2.30. The van der Waals surface area contributed by atoms with E-state index in [1.54, 1.807) is 7.11 Å². The van der Waals surface area contributed by atoms with Crippen LogP contribution in [0.5, 0.6) is 5.75 Å². The first-order valence-corrected chi connectivity index (χ1v) is 8.72. The summed E-state index contributed by atoms with van der Waals surface area (Å²) in [6, 6.07) is 8.06. The van der Waals surface area contributed by atoms with Crippen molar-refractivity contribution in [1.82, 2.24) is 9.88 Å². The fraction of sp³-hybridized carbons (Fsp3) is 0.474. The van der Waals surface area contributed by atoms with Gasteiger partial charge in [-0.15, -0.1) is 0 Å². The fourth-order valence-corrected chi connectivity index (χ4v) is 3.52. The monoisotopic (exact) mass is 341 g/mol. The van der Waals surface area contributed by atoms with Gasteiger partial charge in [0, 0.05) is 37.6 Å². The van der Waals surface area contributed by atoms with Crippen LogP contribution in [0, 0.1) is 12.8 Å². The quantitative estimate of drug-likeness (QED) is 0.853. The average Bonchev–Trinajstić information content (AvgIpc) is 2.60. The number of morpholine rings is 1. The zero-order chi connectivity index (χ0) is 17.4. The molecule has 2 aromatic rings. The van der Waals surface area contributed by atoms with Crippen LogP contribution in [0.15, 0.2) is 24.3 Å². The van der Waals surface area contributed by atoms with Crippen LogP contribution >= 0.6 is 0 Å². The number of benzene rings is 1. The zero-order valence-corrected chi connectivity index (χ0v) is 14.7. The molecular formula is C19H23N3O3. The molecule has 0 N–H and O–H groups in total. The number of pyridine rings is 1. The normalized spacial score (nSPS) is 18.3. The number of ether oxygens (including phenoxy) is 2. The molecule has 0 unspecified atom stereocenters. The number of hydrogen-bond acceptors (Lipinski definition) is 5. The Labute approximate surface area is 147 Å². The lowest BCUT2D eigenvalue weighted by molar-refractivity contribution is -0.140. The molecule has 3 heterocycles. The summed E-state index contributed by atoms with van der Waals surface area (Å²) in [7, 11) is 1.66. The molecule has 0 aliphatic carbocycles. The third-order valence-electron chi connectivity index (χ3n) is 5.09. The minimum Gasteiger partial charge on any atom is -0.497 e. The molecule has 2 aliphatic rings. The van der Waals surface area contributed by atoms with Crippen molar-refractivity contribution in [2.45, 2.75) is 6.92 Å². The molecule has 132 valence electrons. The molecule has 0 radical (unpaired) electrons. The molecule has 1 aromatic carbocycles. The van der Waals surface area contributed by atoms with Gasteiger partial charge in [-0.25, -0.2) is 4.98 Å². The molecular weight excluding hydrogens is 318 g/mol. The summed E-state index contributed by atoms with van der Waals surface area (Å²) in [5.74, 6) is 2.06. The zero-order valence-electron chi connectivity index (χ0n) is 14.7. The summed E-state index contributed by atoms with van der Waals surface area (Å²) in [6.45, 7) is 6.28. The third kappa shape index (κ3) is 3.02. The highest BCUT2D eigenvalue weighted by Gasteiger charge is 2.36. The summed E-state index contributed by atoms with van der Waals surface area (Å²) < 4.78 is 10.6. The van der Waals surface area contributed by atoms with Crippen molar-refractivity contribution in [3.8, 4) is 5.75 Å². The van der Waals surface area contributed by atoms with E-state index in [1.807, 2.05) is 23.1 Å². The number of aromatic nitrogens is 1. The number of fused-ring (bicyclic) bond motifs is 1. The molecule has 0 bridgehead atoms. The summed E-state index contributed by atoms with van der Waals surface area (Å²) >= 11 is 0. The maximum absolute atomic E-state index is 12.5. The van der Waals surface area contributed by atoms with Crippen molar-refractivity contribution in [1.29, 1.82) is 0 Å². The Balaban J connectivity index is 1.49. The highest BCUT2D eigenvalue weighted by atomic mass is 16.5. The molecule has 6 nitrogen and oxygen atoms in total. The summed E-state index contributed by atoms with van der Waals surface area (Å²) in [5.41, 5.74) is 2.11. The predicted octanol–water partition coefficient (Wildman–Crippen LogP) is 1.85. The lowest BCUT2D eigenvalue weighted by Gasteiger charge is -2.42. The SMILES string of the molecule is COc1ccc2c(C)cc(N3CC(C(=O)N4CCOCC4)C3)nc2c1. The van der Waals surface area contributed by atoms with E-state index in [4.69, 9.17) is 14.5 Å². The summed E-state index contributed by atoms with van der Waals surface area (Å²) in [5, 5.41) is 1.13. The molecule has 0 saturated carbocycles. The van der Waals surface area contributed by atoms with Crippen LogP contribution in [0.25, 0.3) is 10.9 Å². The molecule has 2 fully saturated rings. The van der Waals surface area contributed by atoms with Crippen LogP contribution in [0.3, 0.4) is 0 Å². The van der Waals surface area contributed by atoms with Gasteiger partial charge in [-0.2, -0.15) is 0 Å². The van der Waals surface area contributed by atoms with E-state index in [0.717, 1.165) is 35.6 Å². The Hall–Kier alpha value is -2.34. The maximum atomic E-state index is 12.5. The number of anilines is 1. The molecule has 0 spiro atoms. The second-order valence-corrected chi connectivity index (χ2v) is 6.72. The van der Waals surface area contributed by atoms with Crippen molar-refractivity contribution < 1.29 is 14.3 Å². The molecule has 2 saturated heterocycles. The highest BCUT2D eigenvalue weighted by molar-refractivity contribution is 5.86. The first kappa shape index (κ1) is 16.1. The fourth-order valence-electron chi connectivity index (χ4n) is 3.52. The number of amides is 1. The van der Waals surface area contributed by atoms with Gasteiger partial charge in [-0.3, -0.25) is 4.79 Å². The molecule has 0 atom stereocenters. The third-order valence-corrected chi connectivity index (χ3v) is 5.09. The Morgan fingerprint density at radius 1 is 1.24 bits per heavy atom. The topological polar surface area (TPSA) is 54.9 Å². The maximum Gasteiger partial charge on any atom is 0.229 e. The van der Waals surface area contributed by atoms with Gasteiger partial charge in [0.25, 0.3) is 0 Å². The Morgan fingerprint density at radius 2 is 2.00 bits per heavy atom. The Kier molecular flexibility index (Phi) is 4.21. The van der Waals surface area contributed by atoms with Gasteiger partial charge >= 0.3 is 0 Å². The van der Waals surface area contributed by atoms with E-state index in [2.05, 4.69) is 17.9 Å². The van der Waals surface area contributed by atoms with Crippen LogP contribution in [-0.2, 0) is 9.53 Å². The molecule has 2 aliphatic heterocycles. The van der Waals surface area contributed by atoms with Crippen molar-refractivity contribution in [3.05, 3.63) is 29.8 Å². The van der Waals surface area contributed by atoms with Crippen molar-refractivity contribution in [2.24, 2.45) is 5.92 Å². The van der Waals surface area contributed by atoms with Gasteiger partial charge in [0.2, 0.25) is 5.91 Å². The number of nitrogens with zero attached hydrogens (tertiary/aromatic N) is 3. The lowest BCUT2D eigenvalue weighted by Crippen LogP contribution is -2.56. The van der Waals surface area contributed by atoms with Crippen LogP contribution in [0.2, 0.25) is 0 Å². The number of rotatable bonds is 3. The van der Waals surface area contributed by atoms with Crippen molar-refractivity contribution in [2.75, 3.05) is 51.4 Å². The van der Waals surface area contributed by atoms with Crippen molar-refractivity contribution >= 4 is 22.6 Å². The van der Waals surface area contributed by atoms with Crippen LogP contribution in [0.4, 0.5) is 5.82 Å². The predicted molar refractivity (Wildman–Crippen MR) is 96.1 cm³/mol. The number of hydrogen-bond donors (Lipinski definition) is 0. The molecule has 1 amide bonds. The van der Waals surface area contributed by atoms with Crippen molar-refractivity contribution in [3.63, 3.8) is 0 Å². The second-order valence-electron chi connectivity index (χ2n) is 6.72. The van der Waals surface area contributed by atoms with Gasteiger partial charge in [-0.1, -0.05) is 0 Å². The summed E-state index contributed by atoms with van der Waals surface area (Å²) in [4.78, 5) is 21.4. The summed E-state index contributed by atoms with van der Waals surface area (Å²) in [6.07, 6.45) is 0. The minimum atomic E-state index is 0.0706. The molecule has 4 rings (SSSR count). The van der Waals surface area contributed by atoms with Gasteiger partial charge < -0.3 is 19.3 Å². The van der Waals surface area contributed by atoms with Crippen LogP contribution in [0.1, 0.15) is 5.56 Å². The van der Waals surface area contributed by atoms with E-state index in [1.165, 1.54) is 5.56 Å². The van der Waals surface area contributed by atoms with E-state index in [-0.39, 0.29) is 11.8 Å². The average molecular weight is 341 g/mol. The van der Waals surface area contributed by atoms with E-state index in [0.29, 0.717) is 26.3 Å². The minimum absolute atomic E-state index is 0.0706. The Morgan fingerprint density at radius 3 is 2.72 bits per heavy atom. The van der Waals surface area contributed by atoms with Gasteiger partial charge in [0.1, 0.15) is 11.6 Å². The standard InChI is InChI=1S/C19H23N3O3/c1-13-9-18(20-17-10-15(24-2)3-4-16(13)17)22-11-14(12-22)19(23)21-5-7-25-8-6-21/h3-4,9-10,14H,5-8,11-12H2,1-2H3. The van der Waals surface area contributed by atoms with E-state index >= 15 is 0 Å². The second kappa shape index (κ2) is 6.52. The molecule has 6 heteroatoms. The van der Waals surface area contributed by atoms with Crippen LogP contribution < -0.4 is 9.64 Å². The number of methoxy groups -OCH3 is 1. The smallest absolute Gasteiger partial charge is 0.229 e.